The van der Waals surface area contributed by atoms with Crippen LogP contribution in [0.15, 0.2) is 34.1 Å². The summed E-state index contributed by atoms with van der Waals surface area (Å²) in [6.45, 7) is 1.68. The Morgan fingerprint density at radius 2 is 1.75 bits per heavy atom. The average molecular weight is 528 g/mol. The number of thiazole rings is 1. The molecule has 3 amide bonds. The minimum atomic E-state index is -0.418. The number of thioether (sulfide) groups is 1. The Bertz CT molecular complexity index is 1320. The molecule has 3 aliphatic heterocycles. The van der Waals surface area contributed by atoms with E-state index >= 15 is 0 Å². The third-order valence-electron chi connectivity index (χ3n) is 8.72. The fourth-order valence-electron chi connectivity index (χ4n) is 7.34. The predicted molar refractivity (Wildman–Crippen MR) is 131 cm³/mol. The number of ether oxygens (including phenoxy) is 1. The lowest BCUT2D eigenvalue weighted by Gasteiger charge is -2.43. The van der Waals surface area contributed by atoms with E-state index in [9.17, 15) is 24.3 Å². The summed E-state index contributed by atoms with van der Waals surface area (Å²) in [5.41, 5.74) is 1.000. The molecule has 0 spiro atoms. The highest BCUT2D eigenvalue weighted by atomic mass is 32.2. The number of H-pyrrole nitrogens is 1. The lowest BCUT2D eigenvalue weighted by atomic mass is 9.68. The van der Waals surface area contributed by atoms with Crippen molar-refractivity contribution in [3.8, 4) is 5.75 Å². The molecule has 0 radical (unpaired) electrons. The zero-order valence-corrected chi connectivity index (χ0v) is 20.9. The molecule has 4 fully saturated rings. The van der Waals surface area contributed by atoms with E-state index in [4.69, 9.17) is 4.74 Å². The number of hydrogen-bond acceptors (Lipinski definition) is 8. The zero-order valence-electron chi connectivity index (χ0n) is 19.3. The van der Waals surface area contributed by atoms with Crippen LogP contribution in [0, 0.1) is 29.6 Å². The minimum Gasteiger partial charge on any atom is -0.508 e. The molecule has 1 aromatic heterocycles. The molecule has 7 atom stereocenters. The van der Waals surface area contributed by atoms with Crippen LogP contribution in [-0.2, 0) is 19.1 Å². The van der Waals surface area contributed by atoms with Gasteiger partial charge in [0.05, 0.1) is 30.1 Å². The number of imide groups is 1. The van der Waals surface area contributed by atoms with E-state index in [1.54, 1.807) is 28.8 Å². The average Bonchev–Trinajstić information content (AvgIpc) is 3.61. The molecule has 4 heterocycles. The molecule has 2 saturated carbocycles. The lowest BCUT2D eigenvalue weighted by molar-refractivity contribution is -0.148. The Hall–Kier alpha value is -2.63. The second-order valence-corrected chi connectivity index (χ2v) is 12.5. The van der Waals surface area contributed by atoms with E-state index in [2.05, 4.69) is 4.98 Å². The number of morpholine rings is 1. The molecule has 2 aromatic rings. The van der Waals surface area contributed by atoms with Crippen LogP contribution in [-0.4, -0.2) is 75.7 Å². The Labute approximate surface area is 214 Å². The van der Waals surface area contributed by atoms with Crippen molar-refractivity contribution in [1.82, 2.24) is 14.8 Å². The van der Waals surface area contributed by atoms with Gasteiger partial charge in [-0.3, -0.25) is 24.1 Å². The predicted octanol–water partition coefficient (Wildman–Crippen LogP) is 1.47. The van der Waals surface area contributed by atoms with Crippen molar-refractivity contribution in [2.24, 2.45) is 29.6 Å². The number of carbonyl (C=O) groups is 3. The number of nitrogens with zero attached hydrogens (tertiary/aromatic N) is 2. The van der Waals surface area contributed by atoms with Crippen LogP contribution in [0.4, 0.5) is 0 Å². The quantitative estimate of drug-likeness (QED) is 0.580. The maximum Gasteiger partial charge on any atom is 0.305 e. The second-order valence-electron chi connectivity index (χ2n) is 10.3. The van der Waals surface area contributed by atoms with Crippen molar-refractivity contribution in [3.05, 3.63) is 44.4 Å². The molecule has 7 unspecified atom stereocenters. The van der Waals surface area contributed by atoms with Gasteiger partial charge >= 0.3 is 4.87 Å². The number of likely N-dealkylation sites (tertiary alicyclic amines) is 1. The van der Waals surface area contributed by atoms with E-state index < -0.39 is 11.8 Å². The second kappa shape index (κ2) is 8.19. The highest BCUT2D eigenvalue weighted by Crippen LogP contribution is 2.68. The third kappa shape index (κ3) is 3.18. The molecule has 1 aromatic carbocycles. The molecule has 36 heavy (non-hydrogen) atoms. The van der Waals surface area contributed by atoms with Gasteiger partial charge in [-0.05, 0) is 41.9 Å². The molecule has 2 bridgehead atoms. The number of nitrogens with one attached hydrogen (secondary N) is 1. The molecule has 11 heteroatoms. The van der Waals surface area contributed by atoms with Crippen LogP contribution in [0.1, 0.15) is 22.8 Å². The Morgan fingerprint density at radius 3 is 2.47 bits per heavy atom. The number of hydrogen-bond donors (Lipinski definition) is 2. The van der Waals surface area contributed by atoms with Crippen LogP contribution in [0.2, 0.25) is 0 Å². The van der Waals surface area contributed by atoms with E-state index in [-0.39, 0.29) is 63.8 Å². The molecule has 9 nitrogen and oxygen atoms in total. The Morgan fingerprint density at radius 1 is 1.06 bits per heavy atom. The van der Waals surface area contributed by atoms with Gasteiger partial charge in [0.2, 0.25) is 17.7 Å². The van der Waals surface area contributed by atoms with Crippen molar-refractivity contribution >= 4 is 40.8 Å². The minimum absolute atomic E-state index is 0.00148. The monoisotopic (exact) mass is 527 g/mol. The third-order valence-corrected chi connectivity index (χ3v) is 11.3. The number of aromatic nitrogens is 1. The Balaban J connectivity index is 1.22. The molecular formula is C25H25N3O6S2. The number of aromatic amines is 1. The topological polar surface area (TPSA) is 120 Å². The number of benzene rings is 1. The van der Waals surface area contributed by atoms with Crippen LogP contribution in [0.3, 0.4) is 0 Å². The van der Waals surface area contributed by atoms with Gasteiger partial charge < -0.3 is 19.7 Å². The number of fused-ring (bicyclic) bond motifs is 9. The summed E-state index contributed by atoms with van der Waals surface area (Å²) in [5.74, 6) is -1.26. The number of rotatable bonds is 3. The van der Waals surface area contributed by atoms with Gasteiger partial charge in [0.1, 0.15) is 12.3 Å². The molecular weight excluding hydrogens is 502 g/mol. The van der Waals surface area contributed by atoms with Gasteiger partial charge in [-0.1, -0.05) is 23.5 Å². The first-order chi connectivity index (χ1) is 17.4. The van der Waals surface area contributed by atoms with Crippen molar-refractivity contribution in [2.45, 2.75) is 22.6 Å². The van der Waals surface area contributed by atoms with E-state index in [1.165, 1.54) is 16.2 Å². The summed E-state index contributed by atoms with van der Waals surface area (Å²) in [6.07, 6.45) is 0.800. The maximum atomic E-state index is 13.6. The van der Waals surface area contributed by atoms with Gasteiger partial charge in [0.15, 0.2) is 0 Å². The first kappa shape index (κ1) is 22.6. The van der Waals surface area contributed by atoms with Gasteiger partial charge in [0.25, 0.3) is 0 Å². The standard InChI is InChI=1S/C25H25N3O6S2/c29-12-3-1-11(2-4-12)16-17-13-9-14(20(17)35-22-21(16)36-25(33)26-22)19-18(13)23(31)28(24(19)32)10-15(30)27-5-7-34-8-6-27/h1-4,13-14,16-20,29H,5-10H2,(H,26,33). The van der Waals surface area contributed by atoms with Crippen LogP contribution in [0.25, 0.3) is 0 Å². The molecule has 2 saturated heterocycles. The fraction of sp³-hybridized carbons (Fsp3) is 0.520. The van der Waals surface area contributed by atoms with Crippen molar-refractivity contribution < 1.29 is 24.2 Å². The number of phenols is 1. The summed E-state index contributed by atoms with van der Waals surface area (Å²) >= 11 is 2.85. The summed E-state index contributed by atoms with van der Waals surface area (Å²) < 4.78 is 5.31. The normalized spacial score (nSPS) is 34.6. The fourth-order valence-corrected chi connectivity index (χ4v) is 10.2. The smallest absolute Gasteiger partial charge is 0.305 e. The number of carbonyl (C=O) groups excluding carboxylic acids is 3. The number of aromatic hydroxyl groups is 1. The van der Waals surface area contributed by atoms with E-state index in [0.717, 1.165) is 21.9 Å². The summed E-state index contributed by atoms with van der Waals surface area (Å²) in [6, 6.07) is 7.08. The summed E-state index contributed by atoms with van der Waals surface area (Å²) in [4.78, 5) is 59.1. The van der Waals surface area contributed by atoms with E-state index in [1.807, 2.05) is 12.1 Å². The van der Waals surface area contributed by atoms with Crippen LogP contribution < -0.4 is 4.87 Å². The first-order valence-electron chi connectivity index (χ1n) is 12.3. The zero-order chi connectivity index (χ0) is 24.7. The van der Waals surface area contributed by atoms with E-state index in [0.29, 0.717) is 26.3 Å². The molecule has 7 rings (SSSR count). The highest BCUT2D eigenvalue weighted by Gasteiger charge is 2.69. The largest absolute Gasteiger partial charge is 0.508 e. The first-order valence-corrected chi connectivity index (χ1v) is 14.0. The van der Waals surface area contributed by atoms with Gasteiger partial charge in [-0.2, -0.15) is 0 Å². The molecule has 188 valence electrons. The van der Waals surface area contributed by atoms with Crippen LogP contribution in [0.5, 0.6) is 5.75 Å². The van der Waals surface area contributed by atoms with Gasteiger partial charge in [0, 0.05) is 29.1 Å². The van der Waals surface area contributed by atoms with Crippen molar-refractivity contribution in [1.29, 1.82) is 0 Å². The highest BCUT2D eigenvalue weighted by molar-refractivity contribution is 8.00. The number of phenolic OH excluding ortho intramolecular Hbond substituents is 1. The van der Waals surface area contributed by atoms with Crippen molar-refractivity contribution in [3.63, 3.8) is 0 Å². The SMILES string of the molecule is O=C(CN1C(=O)C2C3CC(C2C1=O)C1C(c2ccc(O)cc2)c2sc(=O)[nH]c2SC31)N1CCOCC1. The Kier molecular flexibility index (Phi) is 5.13. The summed E-state index contributed by atoms with van der Waals surface area (Å²) in [5, 5.41) is 10.8. The van der Waals surface area contributed by atoms with Gasteiger partial charge in [-0.25, -0.2) is 0 Å². The summed E-state index contributed by atoms with van der Waals surface area (Å²) in [7, 11) is 0. The lowest BCUT2D eigenvalue weighted by Crippen LogP contribution is -2.47. The van der Waals surface area contributed by atoms with Gasteiger partial charge in [-0.15, -0.1) is 11.8 Å². The molecule has 2 aliphatic carbocycles. The van der Waals surface area contributed by atoms with Crippen molar-refractivity contribution in [2.75, 3.05) is 32.8 Å². The number of amides is 3. The molecule has 5 aliphatic rings. The molecule has 2 N–H and O–H groups in total. The van der Waals surface area contributed by atoms with Crippen LogP contribution >= 0.6 is 23.1 Å². The maximum absolute atomic E-state index is 13.6.